The number of halogens is 2. The first-order chi connectivity index (χ1) is 15.9. The number of anilines is 2. The minimum atomic E-state index is -0.877. The lowest BCUT2D eigenvalue weighted by molar-refractivity contribution is -0.120. The molecule has 0 aromatic heterocycles. The summed E-state index contributed by atoms with van der Waals surface area (Å²) in [7, 11) is 0. The second kappa shape index (κ2) is 9.24. The van der Waals surface area contributed by atoms with Crippen LogP contribution in [-0.2, 0) is 9.59 Å². The van der Waals surface area contributed by atoms with E-state index >= 15 is 0 Å². The Morgan fingerprint density at radius 3 is 2.42 bits per heavy atom. The molecule has 0 atom stereocenters. The van der Waals surface area contributed by atoms with Gasteiger partial charge in [-0.25, -0.2) is 13.7 Å². The van der Waals surface area contributed by atoms with Crippen molar-refractivity contribution in [3.8, 4) is 5.75 Å². The fourth-order valence-corrected chi connectivity index (χ4v) is 3.54. The Bertz CT molecular complexity index is 1250. The Morgan fingerprint density at radius 1 is 0.939 bits per heavy atom. The molecule has 3 aromatic rings. The van der Waals surface area contributed by atoms with Gasteiger partial charge >= 0.3 is 0 Å². The molecule has 7 heteroatoms. The standard InChI is InChI=1S/C26H22F2N2O3/c1-3-13-33-20-6-4-5-19(15-20)29-24-23(17-9-7-16(2)8-10-17)25(31)30(26(24)32)22-14-18(27)11-12-21(22)28/h4-12,14-15,29H,3,13H2,1-2H3. The number of rotatable bonds is 7. The van der Waals surface area contributed by atoms with Gasteiger partial charge < -0.3 is 10.1 Å². The summed E-state index contributed by atoms with van der Waals surface area (Å²) in [4.78, 5) is 27.4. The largest absolute Gasteiger partial charge is 0.494 e. The summed E-state index contributed by atoms with van der Waals surface area (Å²) in [5, 5.41) is 3.01. The summed E-state index contributed by atoms with van der Waals surface area (Å²) in [5.74, 6) is -2.55. The molecule has 1 heterocycles. The number of carbonyl (C=O) groups excluding carboxylic acids is 2. The van der Waals surface area contributed by atoms with Crippen LogP contribution in [0.2, 0.25) is 0 Å². The average Bonchev–Trinajstić information content (AvgIpc) is 3.04. The molecule has 0 bridgehead atoms. The van der Waals surface area contributed by atoms with Gasteiger partial charge in [0.15, 0.2) is 0 Å². The van der Waals surface area contributed by atoms with Crippen molar-refractivity contribution in [3.05, 3.63) is 95.2 Å². The SMILES string of the molecule is CCCOc1cccc(NC2=C(c3ccc(C)cc3)C(=O)N(c3cc(F)ccc3F)C2=O)c1. The van der Waals surface area contributed by atoms with Crippen molar-refractivity contribution >= 4 is 28.8 Å². The van der Waals surface area contributed by atoms with Gasteiger partial charge in [-0.2, -0.15) is 0 Å². The minimum Gasteiger partial charge on any atom is -0.494 e. The molecule has 4 rings (SSSR count). The first-order valence-corrected chi connectivity index (χ1v) is 10.5. The van der Waals surface area contributed by atoms with E-state index in [0.29, 0.717) is 28.5 Å². The first kappa shape index (κ1) is 22.2. The molecule has 168 valence electrons. The van der Waals surface area contributed by atoms with Gasteiger partial charge in [0.05, 0.1) is 17.9 Å². The van der Waals surface area contributed by atoms with Crippen LogP contribution in [0.3, 0.4) is 0 Å². The highest BCUT2D eigenvalue weighted by Gasteiger charge is 2.41. The molecule has 0 saturated carbocycles. The maximum atomic E-state index is 14.5. The zero-order chi connectivity index (χ0) is 23.5. The van der Waals surface area contributed by atoms with Gasteiger partial charge in [-0.3, -0.25) is 9.59 Å². The van der Waals surface area contributed by atoms with Crippen LogP contribution < -0.4 is 15.0 Å². The molecule has 1 N–H and O–H groups in total. The van der Waals surface area contributed by atoms with E-state index in [4.69, 9.17) is 4.74 Å². The molecule has 0 spiro atoms. The fourth-order valence-electron chi connectivity index (χ4n) is 3.54. The van der Waals surface area contributed by atoms with Gasteiger partial charge in [-0.1, -0.05) is 42.8 Å². The van der Waals surface area contributed by atoms with Crippen LogP contribution >= 0.6 is 0 Å². The van der Waals surface area contributed by atoms with Crippen molar-refractivity contribution in [1.29, 1.82) is 0 Å². The van der Waals surface area contributed by atoms with Crippen molar-refractivity contribution < 1.29 is 23.1 Å². The highest BCUT2D eigenvalue weighted by Crippen LogP contribution is 2.35. The van der Waals surface area contributed by atoms with Crippen molar-refractivity contribution in [2.24, 2.45) is 0 Å². The molecule has 0 aliphatic carbocycles. The Morgan fingerprint density at radius 2 is 1.70 bits per heavy atom. The number of hydrogen-bond acceptors (Lipinski definition) is 4. The molecule has 3 aromatic carbocycles. The molecule has 0 fully saturated rings. The second-order valence-corrected chi connectivity index (χ2v) is 7.66. The summed E-state index contributed by atoms with van der Waals surface area (Å²) >= 11 is 0. The van der Waals surface area contributed by atoms with Gasteiger partial charge in [0.2, 0.25) is 0 Å². The monoisotopic (exact) mass is 448 g/mol. The van der Waals surface area contributed by atoms with Gasteiger partial charge in [-0.05, 0) is 43.2 Å². The quantitative estimate of drug-likeness (QED) is 0.488. The zero-order valence-electron chi connectivity index (χ0n) is 18.2. The summed E-state index contributed by atoms with van der Waals surface area (Å²) in [6.45, 7) is 4.42. The first-order valence-electron chi connectivity index (χ1n) is 10.5. The van der Waals surface area contributed by atoms with E-state index in [-0.39, 0.29) is 11.3 Å². The molecule has 1 aliphatic rings. The van der Waals surface area contributed by atoms with Crippen LogP contribution in [0, 0.1) is 18.6 Å². The van der Waals surface area contributed by atoms with Crippen LogP contribution in [0.1, 0.15) is 24.5 Å². The van der Waals surface area contributed by atoms with Crippen molar-refractivity contribution in [2.75, 3.05) is 16.8 Å². The number of benzene rings is 3. The number of aryl methyl sites for hydroxylation is 1. The van der Waals surface area contributed by atoms with Gasteiger partial charge in [0, 0.05) is 17.8 Å². The third-order valence-corrected chi connectivity index (χ3v) is 5.15. The molecule has 33 heavy (non-hydrogen) atoms. The number of nitrogens with one attached hydrogen (secondary N) is 1. The molecule has 0 unspecified atom stereocenters. The fraction of sp³-hybridized carbons (Fsp3) is 0.154. The molecule has 5 nitrogen and oxygen atoms in total. The van der Waals surface area contributed by atoms with Crippen LogP contribution in [-0.4, -0.2) is 18.4 Å². The molecular weight excluding hydrogens is 426 g/mol. The van der Waals surface area contributed by atoms with E-state index in [1.165, 1.54) is 0 Å². The third kappa shape index (κ3) is 4.48. The van der Waals surface area contributed by atoms with Crippen molar-refractivity contribution in [2.45, 2.75) is 20.3 Å². The van der Waals surface area contributed by atoms with Gasteiger partial charge in [0.25, 0.3) is 11.8 Å². The van der Waals surface area contributed by atoms with Crippen LogP contribution in [0.15, 0.2) is 72.4 Å². The number of ether oxygens (including phenoxy) is 1. The molecule has 0 saturated heterocycles. The predicted molar refractivity (Wildman–Crippen MR) is 123 cm³/mol. The van der Waals surface area contributed by atoms with E-state index in [1.54, 1.807) is 36.4 Å². The number of hydrogen-bond donors (Lipinski definition) is 1. The summed E-state index contributed by atoms with van der Waals surface area (Å²) in [5.41, 5.74) is 1.58. The minimum absolute atomic E-state index is 0.0276. The number of carbonyl (C=O) groups is 2. The summed E-state index contributed by atoms with van der Waals surface area (Å²) in [6.07, 6.45) is 0.835. The Balaban J connectivity index is 1.79. The lowest BCUT2D eigenvalue weighted by Gasteiger charge is -2.16. The van der Waals surface area contributed by atoms with Gasteiger partial charge in [-0.15, -0.1) is 0 Å². The van der Waals surface area contributed by atoms with E-state index in [1.807, 2.05) is 26.0 Å². The number of nitrogens with zero attached hydrogens (tertiary/aromatic N) is 1. The Labute approximate surface area is 190 Å². The smallest absolute Gasteiger partial charge is 0.282 e. The average molecular weight is 448 g/mol. The number of imide groups is 1. The lowest BCUT2D eigenvalue weighted by atomic mass is 10.0. The Kier molecular flexibility index (Phi) is 6.22. The highest BCUT2D eigenvalue weighted by molar-refractivity contribution is 6.46. The molecule has 1 aliphatic heterocycles. The van der Waals surface area contributed by atoms with E-state index in [9.17, 15) is 18.4 Å². The Hall–Kier alpha value is -4.00. The summed E-state index contributed by atoms with van der Waals surface area (Å²) in [6, 6.07) is 16.7. The van der Waals surface area contributed by atoms with Crippen LogP contribution in [0.5, 0.6) is 5.75 Å². The van der Waals surface area contributed by atoms with Crippen LogP contribution in [0.4, 0.5) is 20.2 Å². The number of amides is 2. The zero-order valence-corrected chi connectivity index (χ0v) is 18.2. The molecular formula is C26H22F2N2O3. The summed E-state index contributed by atoms with van der Waals surface area (Å²) < 4.78 is 34.0. The van der Waals surface area contributed by atoms with Crippen LogP contribution in [0.25, 0.3) is 5.57 Å². The van der Waals surface area contributed by atoms with Gasteiger partial charge in [0.1, 0.15) is 23.1 Å². The molecule has 0 radical (unpaired) electrons. The molecule has 2 amide bonds. The maximum Gasteiger partial charge on any atom is 0.282 e. The van der Waals surface area contributed by atoms with E-state index in [0.717, 1.165) is 30.2 Å². The van der Waals surface area contributed by atoms with E-state index in [2.05, 4.69) is 5.32 Å². The predicted octanol–water partition coefficient (Wildman–Crippen LogP) is 5.46. The van der Waals surface area contributed by atoms with Crippen molar-refractivity contribution in [1.82, 2.24) is 0 Å². The maximum absolute atomic E-state index is 14.5. The normalized spacial score (nSPS) is 13.6. The van der Waals surface area contributed by atoms with E-state index < -0.39 is 29.1 Å². The highest BCUT2D eigenvalue weighted by atomic mass is 19.1. The topological polar surface area (TPSA) is 58.6 Å². The third-order valence-electron chi connectivity index (χ3n) is 5.15. The lowest BCUT2D eigenvalue weighted by Crippen LogP contribution is -2.33. The second-order valence-electron chi connectivity index (χ2n) is 7.66. The van der Waals surface area contributed by atoms with Crippen molar-refractivity contribution in [3.63, 3.8) is 0 Å².